The molecule has 2 radical (unpaired) electrons. The summed E-state index contributed by atoms with van der Waals surface area (Å²) in [4.78, 5) is 0. The van der Waals surface area contributed by atoms with Crippen LogP contribution in [0.5, 0.6) is 0 Å². The Balaban J connectivity index is 3.36. The highest BCUT2D eigenvalue weighted by molar-refractivity contribution is 6.11. The molecule has 0 bridgehead atoms. The summed E-state index contributed by atoms with van der Waals surface area (Å²) in [6.45, 7) is 3.70. The number of hydrogen-bond acceptors (Lipinski definition) is 1. The zero-order valence-corrected chi connectivity index (χ0v) is 6.02. The second-order valence-electron chi connectivity index (χ2n) is 2.30. The predicted molar refractivity (Wildman–Crippen MR) is 42.3 cm³/mol. The minimum atomic E-state index is 0.209. The highest BCUT2D eigenvalue weighted by atomic mass is 14.4. The predicted octanol–water partition coefficient (Wildman–Crippen LogP) is 1.95. The Morgan fingerprint density at radius 3 is 2.67 bits per heavy atom. The Kier molecular flexibility index (Phi) is 4.11. The standard InChI is InChI=1S/C7H12BN/c1-6(8)4-3-5-7(2)9/h3,5-6,9H,4H2,1-2H3/b5-3-,9-7?/t6-/m1/s1. The van der Waals surface area contributed by atoms with E-state index in [1.54, 1.807) is 13.0 Å². The molecule has 0 aliphatic rings. The number of hydrogen-bond donors (Lipinski definition) is 1. The lowest BCUT2D eigenvalue weighted by Gasteiger charge is -1.95. The molecule has 0 heterocycles. The fraction of sp³-hybridized carbons (Fsp3) is 0.571. The van der Waals surface area contributed by atoms with Gasteiger partial charge in [-0.3, -0.25) is 0 Å². The maximum Gasteiger partial charge on any atom is 0.0699 e. The van der Waals surface area contributed by atoms with Crippen LogP contribution in [0.1, 0.15) is 20.3 Å². The van der Waals surface area contributed by atoms with Gasteiger partial charge >= 0.3 is 0 Å². The van der Waals surface area contributed by atoms with Crippen molar-refractivity contribution in [1.82, 2.24) is 0 Å². The van der Waals surface area contributed by atoms with E-state index in [0.717, 1.165) is 6.42 Å². The molecule has 0 saturated heterocycles. The molecule has 9 heavy (non-hydrogen) atoms. The summed E-state index contributed by atoms with van der Waals surface area (Å²) in [6.07, 6.45) is 4.55. The third-order valence-corrected chi connectivity index (χ3v) is 0.876. The van der Waals surface area contributed by atoms with Gasteiger partial charge in [-0.25, -0.2) is 0 Å². The molecule has 1 N–H and O–H groups in total. The van der Waals surface area contributed by atoms with Crippen molar-refractivity contribution in [3.63, 3.8) is 0 Å². The van der Waals surface area contributed by atoms with Crippen molar-refractivity contribution in [3.8, 4) is 0 Å². The first-order valence-corrected chi connectivity index (χ1v) is 3.10. The van der Waals surface area contributed by atoms with E-state index in [0.29, 0.717) is 5.71 Å². The van der Waals surface area contributed by atoms with Crippen LogP contribution in [-0.4, -0.2) is 13.6 Å². The summed E-state index contributed by atoms with van der Waals surface area (Å²) in [7, 11) is 5.46. The van der Waals surface area contributed by atoms with E-state index in [1.807, 2.05) is 13.0 Å². The quantitative estimate of drug-likeness (QED) is 0.435. The molecule has 0 spiro atoms. The van der Waals surface area contributed by atoms with Crippen molar-refractivity contribution in [1.29, 1.82) is 5.41 Å². The summed E-state index contributed by atoms with van der Waals surface area (Å²) in [5.41, 5.74) is 0.579. The fourth-order valence-corrected chi connectivity index (χ4v) is 0.459. The van der Waals surface area contributed by atoms with Crippen molar-refractivity contribution in [3.05, 3.63) is 12.2 Å². The van der Waals surface area contributed by atoms with Gasteiger partial charge in [0.2, 0.25) is 0 Å². The molecule has 48 valence electrons. The molecule has 0 aromatic carbocycles. The van der Waals surface area contributed by atoms with Gasteiger partial charge in [-0.15, -0.1) is 0 Å². The highest BCUT2D eigenvalue weighted by Crippen LogP contribution is 2.02. The second-order valence-corrected chi connectivity index (χ2v) is 2.30. The van der Waals surface area contributed by atoms with E-state index in [9.17, 15) is 0 Å². The topological polar surface area (TPSA) is 23.9 Å². The van der Waals surface area contributed by atoms with E-state index in [-0.39, 0.29) is 5.82 Å². The molecule has 1 nitrogen and oxygen atoms in total. The van der Waals surface area contributed by atoms with Gasteiger partial charge in [0, 0.05) is 5.71 Å². The van der Waals surface area contributed by atoms with Gasteiger partial charge < -0.3 is 5.41 Å². The lowest BCUT2D eigenvalue weighted by atomic mass is 9.86. The lowest BCUT2D eigenvalue weighted by Crippen LogP contribution is -1.83. The zero-order valence-electron chi connectivity index (χ0n) is 6.02. The molecule has 0 fully saturated rings. The third kappa shape index (κ3) is 7.47. The molecular weight excluding hydrogens is 109 g/mol. The second kappa shape index (κ2) is 4.36. The van der Waals surface area contributed by atoms with Crippen LogP contribution < -0.4 is 0 Å². The molecule has 0 saturated carbocycles. The van der Waals surface area contributed by atoms with Gasteiger partial charge in [0.15, 0.2) is 0 Å². The largest absolute Gasteiger partial charge is 0.306 e. The average Bonchev–Trinajstić information content (AvgIpc) is 1.63. The van der Waals surface area contributed by atoms with Gasteiger partial charge in [0.05, 0.1) is 7.85 Å². The van der Waals surface area contributed by atoms with E-state index < -0.39 is 0 Å². The highest BCUT2D eigenvalue weighted by Gasteiger charge is 1.86. The van der Waals surface area contributed by atoms with Crippen LogP contribution in [-0.2, 0) is 0 Å². The molecule has 2 heteroatoms. The first-order valence-electron chi connectivity index (χ1n) is 3.10. The lowest BCUT2D eigenvalue weighted by molar-refractivity contribution is 0.952. The first kappa shape index (κ1) is 8.47. The van der Waals surface area contributed by atoms with Gasteiger partial charge in [0.25, 0.3) is 0 Å². The first-order chi connectivity index (χ1) is 4.13. The Hall–Kier alpha value is -0.525. The van der Waals surface area contributed by atoms with Crippen molar-refractivity contribution in [2.75, 3.05) is 0 Å². The number of rotatable bonds is 3. The smallest absolute Gasteiger partial charge is 0.0699 e. The van der Waals surface area contributed by atoms with Crippen molar-refractivity contribution >= 4 is 13.6 Å². The molecule has 0 aliphatic heterocycles. The SMILES string of the molecule is [B][C@H](C)C/C=C\C(C)=N. The van der Waals surface area contributed by atoms with E-state index in [2.05, 4.69) is 0 Å². The molecule has 0 aromatic heterocycles. The number of allylic oxidation sites excluding steroid dienone is 2. The summed E-state index contributed by atoms with van der Waals surface area (Å²) >= 11 is 0. The molecule has 0 aromatic rings. The Labute approximate surface area is 58.1 Å². The van der Waals surface area contributed by atoms with E-state index in [1.165, 1.54) is 0 Å². The van der Waals surface area contributed by atoms with Crippen LogP contribution in [0.2, 0.25) is 5.82 Å². The van der Waals surface area contributed by atoms with Gasteiger partial charge in [0.1, 0.15) is 0 Å². The van der Waals surface area contributed by atoms with Crippen LogP contribution in [0.25, 0.3) is 0 Å². The van der Waals surface area contributed by atoms with Crippen LogP contribution >= 0.6 is 0 Å². The average molecular weight is 121 g/mol. The van der Waals surface area contributed by atoms with Crippen molar-refractivity contribution in [2.45, 2.75) is 26.1 Å². The van der Waals surface area contributed by atoms with Crippen LogP contribution in [0.15, 0.2) is 12.2 Å². The van der Waals surface area contributed by atoms with Crippen LogP contribution in [0.3, 0.4) is 0 Å². The maximum atomic E-state index is 7.01. The Morgan fingerprint density at radius 2 is 2.33 bits per heavy atom. The molecular formula is C7H12BN. The van der Waals surface area contributed by atoms with Gasteiger partial charge in [-0.1, -0.05) is 18.8 Å². The van der Waals surface area contributed by atoms with E-state index in [4.69, 9.17) is 13.3 Å². The summed E-state index contributed by atoms with van der Waals surface area (Å²) < 4.78 is 0. The monoisotopic (exact) mass is 121 g/mol. The Bertz CT molecular complexity index is 116. The molecule has 1 atom stereocenters. The maximum absolute atomic E-state index is 7.01. The number of nitrogens with one attached hydrogen (secondary N) is 1. The van der Waals surface area contributed by atoms with Crippen molar-refractivity contribution in [2.24, 2.45) is 0 Å². The Morgan fingerprint density at radius 1 is 1.78 bits per heavy atom. The summed E-state index contributed by atoms with van der Waals surface area (Å²) in [5, 5.41) is 7.01. The molecule has 0 rings (SSSR count). The molecule has 0 unspecified atom stereocenters. The summed E-state index contributed by atoms with van der Waals surface area (Å²) in [5.74, 6) is 0.209. The third-order valence-electron chi connectivity index (χ3n) is 0.876. The fourth-order valence-electron chi connectivity index (χ4n) is 0.459. The minimum Gasteiger partial charge on any atom is -0.306 e. The molecule has 0 amide bonds. The zero-order chi connectivity index (χ0) is 7.28. The molecule has 0 aliphatic carbocycles. The van der Waals surface area contributed by atoms with Gasteiger partial charge in [-0.2, -0.15) is 0 Å². The minimum absolute atomic E-state index is 0.209. The van der Waals surface area contributed by atoms with Gasteiger partial charge in [-0.05, 0) is 19.4 Å². The van der Waals surface area contributed by atoms with E-state index >= 15 is 0 Å². The normalized spacial score (nSPS) is 14.0. The van der Waals surface area contributed by atoms with Crippen molar-refractivity contribution < 1.29 is 0 Å². The van der Waals surface area contributed by atoms with Crippen LogP contribution in [0.4, 0.5) is 0 Å². The summed E-state index contributed by atoms with van der Waals surface area (Å²) in [6, 6.07) is 0. The van der Waals surface area contributed by atoms with Crippen LogP contribution in [0, 0.1) is 5.41 Å².